The number of aliphatic hydroxyl groups is 1. The molecule has 2 heterocycles. The number of hydrogen-bond donors (Lipinski definition) is 1. The average Bonchev–Trinajstić information content (AvgIpc) is 3.26. The van der Waals surface area contributed by atoms with Crippen LogP contribution in [0.1, 0.15) is 58.9 Å². The maximum atomic E-state index is 13.4. The summed E-state index contributed by atoms with van der Waals surface area (Å²) in [4.78, 5) is 48.2. The van der Waals surface area contributed by atoms with Gasteiger partial charge >= 0.3 is 17.9 Å². The second-order valence-corrected chi connectivity index (χ2v) is 12.2. The van der Waals surface area contributed by atoms with E-state index in [2.05, 4.69) is 13.8 Å². The highest BCUT2D eigenvalue weighted by atomic mass is 17.2. The first-order valence-electron chi connectivity index (χ1n) is 14.8. The maximum Gasteiger partial charge on any atom is 0.331 e. The van der Waals surface area contributed by atoms with Crippen LogP contribution in [0.3, 0.4) is 0 Å². The van der Waals surface area contributed by atoms with Gasteiger partial charge in [-0.2, -0.15) is 0 Å². The molecule has 1 saturated heterocycles. The van der Waals surface area contributed by atoms with Gasteiger partial charge in [0.1, 0.15) is 24.7 Å². The van der Waals surface area contributed by atoms with E-state index in [1.165, 1.54) is 19.9 Å². The van der Waals surface area contributed by atoms with E-state index in [-0.39, 0.29) is 11.8 Å². The van der Waals surface area contributed by atoms with Crippen LogP contribution >= 0.6 is 0 Å². The predicted octanol–water partition coefficient (Wildman–Crippen LogP) is 4.43. The van der Waals surface area contributed by atoms with Crippen molar-refractivity contribution in [2.24, 2.45) is 22.7 Å². The highest BCUT2D eigenvalue weighted by molar-refractivity contribution is 5.87. The molecule has 4 aliphatic rings. The van der Waals surface area contributed by atoms with Crippen molar-refractivity contribution in [3.63, 3.8) is 0 Å². The molecule has 5 rings (SSSR count). The Hall–Kier alpha value is -3.31. The van der Waals surface area contributed by atoms with E-state index in [9.17, 15) is 19.5 Å². The zero-order valence-electron chi connectivity index (χ0n) is 25.0. The minimum absolute atomic E-state index is 0.0256. The third-order valence-electron chi connectivity index (χ3n) is 9.61. The van der Waals surface area contributed by atoms with Gasteiger partial charge in [-0.3, -0.25) is 14.3 Å². The molecule has 2 aliphatic heterocycles. The van der Waals surface area contributed by atoms with Gasteiger partial charge in [0, 0.05) is 25.5 Å². The Balaban J connectivity index is 1.57. The fraction of sp³-hybridized carbons (Fsp3) is 0.545. The molecule has 43 heavy (non-hydrogen) atoms. The van der Waals surface area contributed by atoms with Gasteiger partial charge in [0.15, 0.2) is 0 Å². The van der Waals surface area contributed by atoms with E-state index in [0.717, 1.165) is 24.0 Å². The number of carbonyl (C=O) groups is 3. The highest BCUT2D eigenvalue weighted by Crippen LogP contribution is 2.67. The van der Waals surface area contributed by atoms with Crippen LogP contribution in [0.4, 0.5) is 0 Å². The van der Waals surface area contributed by atoms with E-state index in [1.54, 1.807) is 12.2 Å². The number of rotatable bonds is 8. The molecule has 2 fully saturated rings. The van der Waals surface area contributed by atoms with Crippen molar-refractivity contribution in [1.82, 2.24) is 0 Å². The van der Waals surface area contributed by atoms with Gasteiger partial charge in [0.05, 0.1) is 6.10 Å². The number of esters is 3. The number of ether oxygens (including phenoxy) is 4. The highest BCUT2D eigenvalue weighted by Gasteiger charge is 2.72. The summed E-state index contributed by atoms with van der Waals surface area (Å²) in [6.07, 6.45) is 4.74. The first-order valence-corrected chi connectivity index (χ1v) is 14.8. The standard InChI is InChI=1S/C33H40O10/c1-20-16-28(42-29(37)11-10-23-8-6-5-7-9-23)33-26(30(40-21(2)34)43-31(33)41-22(3)35)17-25(36)18-27(33)32(20,4)14-12-24-13-15-38-39-19-24/h5-11,13,17,20,25,27-28,30-31,36H,12,14-16,18-19H2,1-4H3/b11-10+/t20-,25+,27+,28+,30+,31-,32-,33-/m1/s1. The Morgan fingerprint density at radius 3 is 2.47 bits per heavy atom. The summed E-state index contributed by atoms with van der Waals surface area (Å²) in [6, 6.07) is 9.39. The Labute approximate surface area is 251 Å². The van der Waals surface area contributed by atoms with Crippen LogP contribution in [0.25, 0.3) is 6.08 Å². The number of benzene rings is 1. The van der Waals surface area contributed by atoms with Crippen molar-refractivity contribution in [2.45, 2.75) is 78.2 Å². The molecule has 0 amide bonds. The zero-order chi connectivity index (χ0) is 30.8. The second kappa shape index (κ2) is 12.7. The van der Waals surface area contributed by atoms with Gasteiger partial charge in [-0.15, -0.1) is 0 Å². The lowest BCUT2D eigenvalue weighted by Crippen LogP contribution is -2.63. The SMILES string of the molecule is CC(=O)O[C@H]1O[C@@H](OC(C)=O)[C@]23C1=C[C@H](O)C[C@H]2[C@](C)(CCC1=CCOOC1)[C@H](C)C[C@@H]3OC(=O)/C=C/c1ccccc1. The second-order valence-electron chi connectivity index (χ2n) is 12.2. The Morgan fingerprint density at radius 1 is 1.05 bits per heavy atom. The molecule has 2 aliphatic carbocycles. The maximum absolute atomic E-state index is 13.4. The van der Waals surface area contributed by atoms with Gasteiger partial charge < -0.3 is 19.3 Å². The topological polar surface area (TPSA) is 127 Å². The van der Waals surface area contributed by atoms with Gasteiger partial charge in [-0.1, -0.05) is 50.3 Å². The normalized spacial score (nSPS) is 35.3. The molecule has 10 heteroatoms. The van der Waals surface area contributed by atoms with Gasteiger partial charge in [-0.25, -0.2) is 14.6 Å². The summed E-state index contributed by atoms with van der Waals surface area (Å²) in [5.41, 5.74) is 0.759. The lowest BCUT2D eigenvalue weighted by molar-refractivity contribution is -0.286. The molecule has 1 aromatic carbocycles. The van der Waals surface area contributed by atoms with Crippen molar-refractivity contribution in [3.8, 4) is 0 Å². The summed E-state index contributed by atoms with van der Waals surface area (Å²) in [5.74, 6) is -2.10. The Morgan fingerprint density at radius 2 is 1.79 bits per heavy atom. The molecule has 0 aromatic heterocycles. The summed E-state index contributed by atoms with van der Waals surface area (Å²) < 4.78 is 23.8. The molecular formula is C33H40O10. The zero-order valence-corrected chi connectivity index (χ0v) is 25.0. The van der Waals surface area contributed by atoms with Crippen LogP contribution in [0.15, 0.2) is 59.7 Å². The van der Waals surface area contributed by atoms with E-state index < -0.39 is 53.5 Å². The Bertz CT molecular complexity index is 1300. The third-order valence-corrected chi connectivity index (χ3v) is 9.61. The van der Waals surface area contributed by atoms with Crippen molar-refractivity contribution < 1.29 is 48.2 Å². The molecule has 0 bridgehead atoms. The first kappa shape index (κ1) is 31.1. The average molecular weight is 597 g/mol. The van der Waals surface area contributed by atoms with Crippen LogP contribution in [-0.2, 0) is 43.1 Å². The summed E-state index contributed by atoms with van der Waals surface area (Å²) in [6.45, 7) is 7.57. The van der Waals surface area contributed by atoms with Crippen LogP contribution in [0, 0.1) is 22.7 Å². The van der Waals surface area contributed by atoms with Crippen LogP contribution < -0.4 is 0 Å². The van der Waals surface area contributed by atoms with Crippen molar-refractivity contribution >= 4 is 24.0 Å². The van der Waals surface area contributed by atoms with Gasteiger partial charge in [-0.05, 0) is 66.2 Å². The summed E-state index contributed by atoms with van der Waals surface area (Å²) in [5, 5.41) is 11.2. The van der Waals surface area contributed by atoms with Crippen molar-refractivity contribution in [1.29, 1.82) is 0 Å². The molecule has 1 spiro atoms. The van der Waals surface area contributed by atoms with Crippen molar-refractivity contribution in [3.05, 3.63) is 65.3 Å². The molecule has 8 atom stereocenters. The smallest absolute Gasteiger partial charge is 0.331 e. The van der Waals surface area contributed by atoms with E-state index >= 15 is 0 Å². The Kier molecular flexibility index (Phi) is 9.22. The van der Waals surface area contributed by atoms with E-state index in [0.29, 0.717) is 31.6 Å². The first-order chi connectivity index (χ1) is 20.5. The largest absolute Gasteiger partial charge is 0.458 e. The predicted molar refractivity (Wildman–Crippen MR) is 153 cm³/mol. The molecule has 1 saturated carbocycles. The fourth-order valence-corrected chi connectivity index (χ4v) is 7.42. The van der Waals surface area contributed by atoms with Gasteiger partial charge in [0.25, 0.3) is 0 Å². The number of carbonyl (C=O) groups excluding carboxylic acids is 3. The van der Waals surface area contributed by atoms with E-state index in [1.807, 2.05) is 36.4 Å². The molecule has 232 valence electrons. The molecular weight excluding hydrogens is 556 g/mol. The molecule has 1 N–H and O–H groups in total. The number of aliphatic hydroxyl groups excluding tert-OH is 1. The lowest BCUT2D eigenvalue weighted by atomic mass is 9.45. The lowest BCUT2D eigenvalue weighted by Gasteiger charge is -2.60. The molecule has 0 unspecified atom stereocenters. The van der Waals surface area contributed by atoms with Crippen LogP contribution in [0.2, 0.25) is 0 Å². The summed E-state index contributed by atoms with van der Waals surface area (Å²) in [7, 11) is 0. The third kappa shape index (κ3) is 6.20. The quantitative estimate of drug-likeness (QED) is 0.151. The van der Waals surface area contributed by atoms with Crippen molar-refractivity contribution in [2.75, 3.05) is 13.2 Å². The van der Waals surface area contributed by atoms with Gasteiger partial charge in [0.2, 0.25) is 12.6 Å². The molecule has 1 aromatic rings. The fourth-order valence-electron chi connectivity index (χ4n) is 7.42. The minimum atomic E-state index is -1.22. The van der Waals surface area contributed by atoms with E-state index in [4.69, 9.17) is 28.7 Å². The van der Waals surface area contributed by atoms with Crippen LogP contribution in [0.5, 0.6) is 0 Å². The molecule has 0 radical (unpaired) electrons. The molecule has 10 nitrogen and oxygen atoms in total. The monoisotopic (exact) mass is 596 g/mol. The summed E-state index contributed by atoms with van der Waals surface area (Å²) >= 11 is 0. The van der Waals surface area contributed by atoms with Crippen LogP contribution in [-0.4, -0.2) is 61.0 Å². The number of hydrogen-bond acceptors (Lipinski definition) is 10. The minimum Gasteiger partial charge on any atom is -0.458 e.